The number of carbonyl (C=O) groups excluding carboxylic acids is 1. The van der Waals surface area contributed by atoms with Crippen molar-refractivity contribution in [3.05, 3.63) is 47.5 Å². The maximum atomic E-state index is 13.1. The summed E-state index contributed by atoms with van der Waals surface area (Å²) < 4.78 is 14.8. The molecule has 1 aromatic heterocycles. The fraction of sp³-hybridized carbons (Fsp3) is 0.444. The number of carbonyl (C=O) groups is 1. The van der Waals surface area contributed by atoms with Crippen LogP contribution in [0.25, 0.3) is 5.69 Å². The number of amides is 1. The Hall–Kier alpha value is -2.21. The largest absolute Gasteiger partial charge is 0.391 e. The fourth-order valence-corrected chi connectivity index (χ4v) is 3.63. The van der Waals surface area contributed by atoms with Crippen molar-refractivity contribution in [3.63, 3.8) is 0 Å². The van der Waals surface area contributed by atoms with Crippen molar-refractivity contribution in [2.45, 2.75) is 32.3 Å². The van der Waals surface area contributed by atoms with Gasteiger partial charge in [-0.15, -0.1) is 0 Å². The summed E-state index contributed by atoms with van der Waals surface area (Å²) in [5, 5.41) is 14.5. The lowest BCUT2D eigenvalue weighted by Gasteiger charge is -2.16. The Labute approximate surface area is 139 Å². The molecule has 126 valence electrons. The zero-order valence-electron chi connectivity index (χ0n) is 13.6. The van der Waals surface area contributed by atoms with Crippen LogP contribution in [0.15, 0.2) is 30.5 Å². The summed E-state index contributed by atoms with van der Waals surface area (Å²) >= 11 is 0. The van der Waals surface area contributed by atoms with Crippen LogP contribution in [-0.4, -0.2) is 44.9 Å². The lowest BCUT2D eigenvalue weighted by molar-refractivity contribution is 0.0763. The van der Waals surface area contributed by atoms with Crippen LogP contribution >= 0.6 is 0 Å². The Kier molecular flexibility index (Phi) is 3.46. The first-order chi connectivity index (χ1) is 11.5. The first-order valence-corrected chi connectivity index (χ1v) is 8.34. The summed E-state index contributed by atoms with van der Waals surface area (Å²) in [5.41, 5.74) is 2.03. The van der Waals surface area contributed by atoms with Gasteiger partial charge in [-0.25, -0.2) is 9.07 Å². The van der Waals surface area contributed by atoms with Crippen LogP contribution in [0.4, 0.5) is 4.39 Å². The van der Waals surface area contributed by atoms with Gasteiger partial charge in [-0.2, -0.15) is 5.10 Å². The minimum Gasteiger partial charge on any atom is -0.391 e. The Balaban J connectivity index is 1.64. The third kappa shape index (κ3) is 2.33. The SMILES string of the molecule is CCc1c(C(=O)N2CC(O)C3(CC3)C2)cnn1-c1ccc(F)cc1. The van der Waals surface area contributed by atoms with Crippen LogP contribution in [0.5, 0.6) is 0 Å². The molecule has 1 atom stereocenters. The van der Waals surface area contributed by atoms with E-state index < -0.39 is 6.10 Å². The third-order valence-corrected chi connectivity index (χ3v) is 5.29. The van der Waals surface area contributed by atoms with Crippen molar-refractivity contribution in [2.75, 3.05) is 13.1 Å². The highest BCUT2D eigenvalue weighted by atomic mass is 19.1. The van der Waals surface area contributed by atoms with E-state index in [9.17, 15) is 14.3 Å². The van der Waals surface area contributed by atoms with Gasteiger partial charge in [0.15, 0.2) is 0 Å². The number of aliphatic hydroxyl groups is 1. The molecular weight excluding hydrogens is 309 g/mol. The molecule has 4 rings (SSSR count). The van der Waals surface area contributed by atoms with Gasteiger partial charge in [0.2, 0.25) is 0 Å². The minimum absolute atomic E-state index is 0.0605. The smallest absolute Gasteiger partial charge is 0.257 e. The van der Waals surface area contributed by atoms with Crippen LogP contribution in [0.1, 0.15) is 35.8 Å². The maximum absolute atomic E-state index is 13.1. The molecule has 1 aliphatic carbocycles. The summed E-state index contributed by atoms with van der Waals surface area (Å²) in [5.74, 6) is -0.385. The highest BCUT2D eigenvalue weighted by Gasteiger charge is 2.55. The number of likely N-dealkylation sites (tertiary alicyclic amines) is 1. The highest BCUT2D eigenvalue weighted by Crippen LogP contribution is 2.52. The van der Waals surface area contributed by atoms with Crippen molar-refractivity contribution in [1.29, 1.82) is 0 Å². The second-order valence-electron chi connectivity index (χ2n) is 6.81. The predicted molar refractivity (Wildman–Crippen MR) is 86.5 cm³/mol. The van der Waals surface area contributed by atoms with E-state index in [1.807, 2.05) is 6.92 Å². The Bertz CT molecular complexity index is 780. The predicted octanol–water partition coefficient (Wildman–Crippen LogP) is 2.17. The summed E-state index contributed by atoms with van der Waals surface area (Å²) in [7, 11) is 0. The number of benzene rings is 1. The van der Waals surface area contributed by atoms with Crippen molar-refractivity contribution >= 4 is 5.91 Å². The molecule has 1 amide bonds. The van der Waals surface area contributed by atoms with E-state index >= 15 is 0 Å². The monoisotopic (exact) mass is 329 g/mol. The number of hydrogen-bond donors (Lipinski definition) is 1. The van der Waals surface area contributed by atoms with Crippen LogP contribution in [0.2, 0.25) is 0 Å². The van der Waals surface area contributed by atoms with Crippen molar-refractivity contribution in [2.24, 2.45) is 5.41 Å². The van der Waals surface area contributed by atoms with E-state index in [1.165, 1.54) is 12.1 Å². The molecule has 0 radical (unpaired) electrons. The molecular formula is C18H20FN3O2. The van der Waals surface area contributed by atoms with Crippen LogP contribution in [-0.2, 0) is 6.42 Å². The second-order valence-corrected chi connectivity index (χ2v) is 6.81. The van der Waals surface area contributed by atoms with E-state index in [-0.39, 0.29) is 17.1 Å². The molecule has 1 saturated heterocycles. The molecule has 1 unspecified atom stereocenters. The summed E-state index contributed by atoms with van der Waals surface area (Å²) in [4.78, 5) is 14.6. The molecule has 2 heterocycles. The van der Waals surface area contributed by atoms with Gasteiger partial charge in [-0.1, -0.05) is 6.92 Å². The quantitative estimate of drug-likeness (QED) is 0.939. The zero-order valence-corrected chi connectivity index (χ0v) is 13.6. The number of hydrogen-bond acceptors (Lipinski definition) is 3. The lowest BCUT2D eigenvalue weighted by atomic mass is 10.0. The maximum Gasteiger partial charge on any atom is 0.257 e. The first-order valence-electron chi connectivity index (χ1n) is 8.34. The molecule has 1 N–H and O–H groups in total. The van der Waals surface area contributed by atoms with Gasteiger partial charge in [0.1, 0.15) is 5.82 Å². The fourth-order valence-electron chi connectivity index (χ4n) is 3.63. The average Bonchev–Trinajstić information content (AvgIpc) is 3.12. The number of β-amino-alcohol motifs (C(OH)–C–C–N with tert-alkyl or cyclic N) is 1. The molecule has 1 spiro atoms. The van der Waals surface area contributed by atoms with Crippen LogP contribution in [0, 0.1) is 11.2 Å². The summed E-state index contributed by atoms with van der Waals surface area (Å²) in [6, 6.07) is 6.06. The average molecular weight is 329 g/mol. The number of aliphatic hydroxyl groups excluding tert-OH is 1. The Morgan fingerprint density at radius 1 is 1.38 bits per heavy atom. The molecule has 2 aliphatic rings. The van der Waals surface area contributed by atoms with Crippen molar-refractivity contribution in [1.82, 2.24) is 14.7 Å². The lowest BCUT2D eigenvalue weighted by Crippen LogP contribution is -2.30. The van der Waals surface area contributed by atoms with E-state index in [4.69, 9.17) is 0 Å². The molecule has 6 heteroatoms. The summed E-state index contributed by atoms with van der Waals surface area (Å²) in [6.07, 6.45) is 3.79. The van der Waals surface area contributed by atoms with Gasteiger partial charge < -0.3 is 10.0 Å². The van der Waals surface area contributed by atoms with Gasteiger partial charge in [0, 0.05) is 18.5 Å². The standard InChI is InChI=1S/C18H20FN3O2/c1-2-15-14(9-20-22(15)13-5-3-12(19)4-6-13)17(24)21-10-16(23)18(11-21)7-8-18/h3-6,9,16,23H,2,7-8,10-11H2,1H3. The molecule has 1 saturated carbocycles. The Morgan fingerprint density at radius 3 is 2.67 bits per heavy atom. The van der Waals surface area contributed by atoms with Gasteiger partial charge in [-0.05, 0) is 43.5 Å². The molecule has 1 aromatic carbocycles. The van der Waals surface area contributed by atoms with Crippen molar-refractivity contribution < 1.29 is 14.3 Å². The molecule has 2 fully saturated rings. The van der Waals surface area contributed by atoms with Crippen LogP contribution in [0.3, 0.4) is 0 Å². The molecule has 0 bridgehead atoms. The molecule has 5 nitrogen and oxygen atoms in total. The normalized spacial score (nSPS) is 21.5. The van der Waals surface area contributed by atoms with E-state index in [0.29, 0.717) is 25.1 Å². The number of rotatable bonds is 3. The van der Waals surface area contributed by atoms with Crippen LogP contribution < -0.4 is 0 Å². The van der Waals surface area contributed by atoms with Gasteiger partial charge >= 0.3 is 0 Å². The Morgan fingerprint density at radius 2 is 2.08 bits per heavy atom. The highest BCUT2D eigenvalue weighted by molar-refractivity contribution is 5.95. The van der Waals surface area contributed by atoms with Crippen molar-refractivity contribution in [3.8, 4) is 5.69 Å². The molecule has 1 aliphatic heterocycles. The second kappa shape index (κ2) is 5.41. The molecule has 24 heavy (non-hydrogen) atoms. The van der Waals surface area contributed by atoms with E-state index in [0.717, 1.165) is 24.2 Å². The minimum atomic E-state index is -0.418. The zero-order chi connectivity index (χ0) is 16.9. The first kappa shape index (κ1) is 15.3. The molecule has 2 aromatic rings. The number of nitrogens with zero attached hydrogens (tertiary/aromatic N) is 3. The summed E-state index contributed by atoms with van der Waals surface area (Å²) in [6.45, 7) is 2.98. The third-order valence-electron chi connectivity index (χ3n) is 5.29. The van der Waals surface area contributed by atoms with E-state index in [2.05, 4.69) is 5.10 Å². The van der Waals surface area contributed by atoms with Gasteiger partial charge in [0.05, 0.1) is 29.2 Å². The van der Waals surface area contributed by atoms with Gasteiger partial charge in [-0.3, -0.25) is 4.79 Å². The van der Waals surface area contributed by atoms with E-state index in [1.54, 1.807) is 27.9 Å². The van der Waals surface area contributed by atoms with Gasteiger partial charge in [0.25, 0.3) is 5.91 Å². The number of halogens is 1. The number of aromatic nitrogens is 2. The topological polar surface area (TPSA) is 58.4 Å².